The van der Waals surface area contributed by atoms with Crippen LogP contribution in [-0.2, 0) is 0 Å². The van der Waals surface area contributed by atoms with Gasteiger partial charge in [-0.05, 0) is 37.7 Å². The van der Waals surface area contributed by atoms with Crippen LogP contribution in [0.4, 0.5) is 0 Å². The number of ketones is 1. The van der Waals surface area contributed by atoms with Crippen molar-refractivity contribution < 1.29 is 4.79 Å². The number of aromatic amines is 1. The van der Waals surface area contributed by atoms with Crippen LogP contribution in [0.15, 0.2) is 28.5 Å². The number of H-pyrrole nitrogens is 1. The van der Waals surface area contributed by atoms with Gasteiger partial charge in [-0.2, -0.15) is 0 Å². The molecule has 0 atom stereocenters. The number of carbonyl (C=O) groups is 1. The number of aryl methyl sites for hydroxylation is 1. The molecule has 2 aromatic heterocycles. The maximum atomic E-state index is 11.0. The van der Waals surface area contributed by atoms with Crippen LogP contribution in [0.2, 0.25) is 0 Å². The number of Topliss-reactive ketones (excluding diaryl/α,β-unsaturated/α-hetero) is 1. The van der Waals surface area contributed by atoms with Crippen LogP contribution in [0, 0.1) is 6.92 Å². The van der Waals surface area contributed by atoms with Gasteiger partial charge in [0.05, 0.1) is 0 Å². The molecule has 1 N–H and O–H groups in total. The molecule has 0 aliphatic rings. The molecule has 16 heavy (non-hydrogen) atoms. The highest BCUT2D eigenvalue weighted by atomic mass is 32.2. The molecule has 0 aromatic carbocycles. The van der Waals surface area contributed by atoms with E-state index in [2.05, 4.69) is 20.2 Å². The first-order valence-electron chi connectivity index (χ1n) is 4.69. The number of hydrogen-bond acceptors (Lipinski definition) is 5. The van der Waals surface area contributed by atoms with Crippen molar-refractivity contribution in [3.63, 3.8) is 0 Å². The van der Waals surface area contributed by atoms with Gasteiger partial charge in [0.25, 0.3) is 0 Å². The fourth-order valence-electron chi connectivity index (χ4n) is 1.11. The number of pyridine rings is 1. The van der Waals surface area contributed by atoms with E-state index in [-0.39, 0.29) is 5.78 Å². The van der Waals surface area contributed by atoms with E-state index < -0.39 is 0 Å². The molecular weight excluding hydrogens is 224 g/mol. The van der Waals surface area contributed by atoms with Gasteiger partial charge < -0.3 is 0 Å². The highest BCUT2D eigenvalue weighted by Crippen LogP contribution is 2.22. The number of rotatable bonds is 3. The van der Waals surface area contributed by atoms with Gasteiger partial charge in [0.2, 0.25) is 5.16 Å². The number of nitrogens with one attached hydrogen (secondary N) is 1. The van der Waals surface area contributed by atoms with Crippen LogP contribution in [0.1, 0.15) is 23.1 Å². The summed E-state index contributed by atoms with van der Waals surface area (Å²) in [6.45, 7) is 3.35. The van der Waals surface area contributed by atoms with Gasteiger partial charge in [0.1, 0.15) is 10.9 Å². The fourth-order valence-corrected chi connectivity index (χ4v) is 1.81. The summed E-state index contributed by atoms with van der Waals surface area (Å²) in [6.07, 6.45) is 1.56. The molecule has 0 amide bonds. The van der Waals surface area contributed by atoms with Crippen molar-refractivity contribution in [1.82, 2.24) is 20.2 Å². The van der Waals surface area contributed by atoms with Crippen LogP contribution in [0.5, 0.6) is 0 Å². The third-order valence-corrected chi connectivity index (χ3v) is 2.73. The van der Waals surface area contributed by atoms with E-state index >= 15 is 0 Å². The van der Waals surface area contributed by atoms with Crippen LogP contribution in [0.25, 0.3) is 0 Å². The van der Waals surface area contributed by atoms with Crippen molar-refractivity contribution in [2.75, 3.05) is 0 Å². The average molecular weight is 234 g/mol. The molecule has 5 nitrogen and oxygen atoms in total. The largest absolute Gasteiger partial charge is 0.294 e. The molecule has 0 spiro atoms. The molecule has 2 aromatic rings. The summed E-state index contributed by atoms with van der Waals surface area (Å²) >= 11 is 1.35. The third kappa shape index (κ3) is 2.46. The molecule has 0 bridgehead atoms. The predicted molar refractivity (Wildman–Crippen MR) is 59.5 cm³/mol. The highest BCUT2D eigenvalue weighted by molar-refractivity contribution is 7.99. The summed E-state index contributed by atoms with van der Waals surface area (Å²) in [6, 6.07) is 3.53. The average Bonchev–Trinajstić information content (AvgIpc) is 2.65. The van der Waals surface area contributed by atoms with Gasteiger partial charge in [-0.3, -0.25) is 9.89 Å². The van der Waals surface area contributed by atoms with Gasteiger partial charge in [-0.1, -0.05) is 0 Å². The quantitative estimate of drug-likeness (QED) is 0.821. The molecule has 0 fully saturated rings. The Balaban J connectivity index is 2.14. The molecule has 0 unspecified atom stereocenters. The minimum Gasteiger partial charge on any atom is -0.294 e. The van der Waals surface area contributed by atoms with Crippen molar-refractivity contribution in [1.29, 1.82) is 0 Å². The molecule has 2 heterocycles. The lowest BCUT2D eigenvalue weighted by atomic mass is 10.2. The van der Waals surface area contributed by atoms with Gasteiger partial charge in [-0.15, -0.1) is 5.10 Å². The predicted octanol–water partition coefficient (Wildman–Crippen LogP) is 1.86. The van der Waals surface area contributed by atoms with Gasteiger partial charge in [-0.25, -0.2) is 9.97 Å². The summed E-state index contributed by atoms with van der Waals surface area (Å²) in [7, 11) is 0. The number of hydrogen-bond donors (Lipinski definition) is 1. The normalized spacial score (nSPS) is 10.4. The Kier molecular flexibility index (Phi) is 3.00. The first kappa shape index (κ1) is 10.8. The Morgan fingerprint density at radius 1 is 1.44 bits per heavy atom. The molecule has 6 heteroatoms. The van der Waals surface area contributed by atoms with Crippen molar-refractivity contribution in [3.05, 3.63) is 29.7 Å². The summed E-state index contributed by atoms with van der Waals surface area (Å²) < 4.78 is 0. The number of nitrogens with zero attached hydrogens (tertiary/aromatic N) is 3. The lowest BCUT2D eigenvalue weighted by Gasteiger charge is -1.97. The number of aromatic nitrogens is 4. The second kappa shape index (κ2) is 4.44. The van der Waals surface area contributed by atoms with E-state index in [1.807, 2.05) is 6.92 Å². The second-order valence-corrected chi connectivity index (χ2v) is 4.23. The molecule has 0 saturated carbocycles. The SMILES string of the molecule is CC(=O)c1ccc(Sc2n[nH]c(C)n2)nc1. The van der Waals surface area contributed by atoms with E-state index in [0.29, 0.717) is 10.7 Å². The van der Waals surface area contributed by atoms with E-state index in [0.717, 1.165) is 10.9 Å². The van der Waals surface area contributed by atoms with Crippen LogP contribution in [0.3, 0.4) is 0 Å². The minimum atomic E-state index is 0.0118. The maximum Gasteiger partial charge on any atom is 0.214 e. The topological polar surface area (TPSA) is 71.5 Å². The Hall–Kier alpha value is -1.69. The summed E-state index contributed by atoms with van der Waals surface area (Å²) in [5.74, 6) is 0.778. The van der Waals surface area contributed by atoms with Crippen LogP contribution >= 0.6 is 11.8 Å². The Bertz CT molecular complexity index is 506. The molecule has 0 aliphatic carbocycles. The Morgan fingerprint density at radius 2 is 2.25 bits per heavy atom. The van der Waals surface area contributed by atoms with E-state index in [9.17, 15) is 4.79 Å². The standard InChI is InChI=1S/C10H10N4OS/c1-6(15)8-3-4-9(11-5-8)16-10-12-7(2)13-14-10/h3-5H,1-2H3,(H,12,13,14). The van der Waals surface area contributed by atoms with Gasteiger partial charge in [0, 0.05) is 11.8 Å². The van der Waals surface area contributed by atoms with Crippen LogP contribution < -0.4 is 0 Å². The molecule has 82 valence electrons. The first-order valence-corrected chi connectivity index (χ1v) is 5.50. The Labute approximate surface area is 96.7 Å². The molecule has 0 aliphatic heterocycles. The second-order valence-electron chi connectivity index (χ2n) is 3.25. The van der Waals surface area contributed by atoms with Gasteiger partial charge in [0.15, 0.2) is 5.78 Å². The van der Waals surface area contributed by atoms with E-state index in [1.165, 1.54) is 18.7 Å². The molecule has 0 saturated heterocycles. The monoisotopic (exact) mass is 234 g/mol. The fraction of sp³-hybridized carbons (Fsp3) is 0.200. The smallest absolute Gasteiger partial charge is 0.214 e. The minimum absolute atomic E-state index is 0.0118. The lowest BCUT2D eigenvalue weighted by molar-refractivity contribution is 0.101. The highest BCUT2D eigenvalue weighted by Gasteiger charge is 2.05. The van der Waals surface area contributed by atoms with Crippen molar-refractivity contribution >= 4 is 17.5 Å². The summed E-state index contributed by atoms with van der Waals surface area (Å²) in [5.41, 5.74) is 0.607. The third-order valence-electron chi connectivity index (χ3n) is 1.92. The zero-order valence-electron chi connectivity index (χ0n) is 8.89. The molecule has 2 rings (SSSR count). The van der Waals surface area contributed by atoms with E-state index in [1.54, 1.807) is 18.3 Å². The number of carbonyl (C=O) groups excluding carboxylic acids is 1. The van der Waals surface area contributed by atoms with E-state index in [4.69, 9.17) is 0 Å². The lowest BCUT2D eigenvalue weighted by Crippen LogP contribution is -1.93. The summed E-state index contributed by atoms with van der Waals surface area (Å²) in [4.78, 5) is 19.3. The van der Waals surface area contributed by atoms with Crippen LogP contribution in [-0.4, -0.2) is 25.9 Å². The maximum absolute atomic E-state index is 11.0. The van der Waals surface area contributed by atoms with Crippen molar-refractivity contribution in [2.45, 2.75) is 24.0 Å². The zero-order valence-corrected chi connectivity index (χ0v) is 9.71. The summed E-state index contributed by atoms with van der Waals surface area (Å²) in [5, 5.41) is 8.14. The molecule has 0 radical (unpaired) electrons. The zero-order chi connectivity index (χ0) is 11.5. The molecular formula is C10H10N4OS. The van der Waals surface area contributed by atoms with Crippen molar-refractivity contribution in [3.8, 4) is 0 Å². The Morgan fingerprint density at radius 3 is 2.75 bits per heavy atom. The first-order chi connectivity index (χ1) is 7.65. The van der Waals surface area contributed by atoms with Gasteiger partial charge >= 0.3 is 0 Å². The van der Waals surface area contributed by atoms with Crippen molar-refractivity contribution in [2.24, 2.45) is 0 Å².